The van der Waals surface area contributed by atoms with Gasteiger partial charge in [0.2, 0.25) is 0 Å². The van der Waals surface area contributed by atoms with Crippen LogP contribution in [0.3, 0.4) is 0 Å². The lowest BCUT2D eigenvalue weighted by Crippen LogP contribution is -2.49. The SMILES string of the molecule is CCC1(C(=O)O)CCCN(C(=O)c2cc(Br)ccc2Br)C1. The van der Waals surface area contributed by atoms with Crippen LogP contribution in [0.1, 0.15) is 36.5 Å². The first-order valence-corrected chi connectivity index (χ1v) is 8.46. The number of carbonyl (C=O) groups excluding carboxylic acids is 1. The first-order valence-electron chi connectivity index (χ1n) is 6.87. The molecular formula is C15H17Br2NO3. The average molecular weight is 419 g/mol. The van der Waals surface area contributed by atoms with Crippen molar-refractivity contribution in [3.63, 3.8) is 0 Å². The number of piperidine rings is 1. The van der Waals surface area contributed by atoms with Gasteiger partial charge in [0.25, 0.3) is 5.91 Å². The Bertz CT molecular complexity index is 576. The van der Waals surface area contributed by atoms with E-state index in [1.54, 1.807) is 11.0 Å². The van der Waals surface area contributed by atoms with Crippen molar-refractivity contribution in [3.05, 3.63) is 32.7 Å². The van der Waals surface area contributed by atoms with Gasteiger partial charge >= 0.3 is 5.97 Å². The standard InChI is InChI=1S/C15H17Br2NO3/c1-2-15(14(20)21)6-3-7-18(9-15)13(19)11-8-10(16)4-5-12(11)17/h4-5,8H,2-3,6-7,9H2,1H3,(H,20,21). The fourth-order valence-electron chi connectivity index (χ4n) is 2.75. The van der Waals surface area contributed by atoms with Gasteiger partial charge in [0.05, 0.1) is 11.0 Å². The summed E-state index contributed by atoms with van der Waals surface area (Å²) >= 11 is 6.75. The number of halogens is 2. The number of hydrogen-bond acceptors (Lipinski definition) is 2. The summed E-state index contributed by atoms with van der Waals surface area (Å²) in [5.41, 5.74) is -0.256. The van der Waals surface area contributed by atoms with Crippen LogP contribution >= 0.6 is 31.9 Å². The number of carboxylic acid groups (broad SMARTS) is 1. The molecule has 1 aromatic carbocycles. The molecule has 0 spiro atoms. The summed E-state index contributed by atoms with van der Waals surface area (Å²) in [5, 5.41) is 9.50. The highest BCUT2D eigenvalue weighted by Gasteiger charge is 2.42. The quantitative estimate of drug-likeness (QED) is 0.808. The van der Waals surface area contributed by atoms with E-state index in [0.717, 1.165) is 15.4 Å². The van der Waals surface area contributed by atoms with Crippen molar-refractivity contribution in [2.75, 3.05) is 13.1 Å². The number of carboxylic acids is 1. The van der Waals surface area contributed by atoms with Gasteiger partial charge in [-0.3, -0.25) is 9.59 Å². The van der Waals surface area contributed by atoms with Gasteiger partial charge in [-0.15, -0.1) is 0 Å². The van der Waals surface area contributed by atoms with Gasteiger partial charge in [-0.2, -0.15) is 0 Å². The van der Waals surface area contributed by atoms with E-state index in [2.05, 4.69) is 31.9 Å². The van der Waals surface area contributed by atoms with Gasteiger partial charge < -0.3 is 10.0 Å². The fraction of sp³-hybridized carbons (Fsp3) is 0.467. The number of benzene rings is 1. The molecule has 1 aliphatic rings. The molecule has 1 atom stereocenters. The number of amides is 1. The van der Waals surface area contributed by atoms with Crippen LogP contribution < -0.4 is 0 Å². The Morgan fingerprint density at radius 3 is 2.71 bits per heavy atom. The van der Waals surface area contributed by atoms with Gasteiger partial charge in [0.1, 0.15) is 0 Å². The highest BCUT2D eigenvalue weighted by Crippen LogP contribution is 2.35. The van der Waals surface area contributed by atoms with E-state index in [9.17, 15) is 14.7 Å². The van der Waals surface area contributed by atoms with E-state index in [-0.39, 0.29) is 12.5 Å². The Labute approximate surface area is 140 Å². The smallest absolute Gasteiger partial charge is 0.311 e. The Kier molecular flexibility index (Phi) is 5.09. The van der Waals surface area contributed by atoms with Crippen molar-refractivity contribution in [1.82, 2.24) is 4.90 Å². The third kappa shape index (κ3) is 3.31. The van der Waals surface area contributed by atoms with E-state index in [1.165, 1.54) is 0 Å². The maximum absolute atomic E-state index is 12.7. The summed E-state index contributed by atoms with van der Waals surface area (Å²) < 4.78 is 1.55. The molecule has 1 heterocycles. The van der Waals surface area contributed by atoms with Gasteiger partial charge in [-0.25, -0.2) is 0 Å². The third-order valence-electron chi connectivity index (χ3n) is 4.15. The molecular weight excluding hydrogens is 402 g/mol. The van der Waals surface area contributed by atoms with Gasteiger partial charge in [-0.1, -0.05) is 22.9 Å². The van der Waals surface area contributed by atoms with Crippen molar-refractivity contribution >= 4 is 43.7 Å². The lowest BCUT2D eigenvalue weighted by molar-refractivity contribution is -0.152. The second-order valence-corrected chi connectivity index (χ2v) is 7.16. The van der Waals surface area contributed by atoms with E-state index < -0.39 is 11.4 Å². The predicted molar refractivity (Wildman–Crippen MR) is 87.3 cm³/mol. The summed E-state index contributed by atoms with van der Waals surface area (Å²) in [6.07, 6.45) is 1.88. The molecule has 0 aromatic heterocycles. The van der Waals surface area contributed by atoms with Gasteiger partial charge in [0, 0.05) is 22.0 Å². The van der Waals surface area contributed by atoms with Crippen molar-refractivity contribution < 1.29 is 14.7 Å². The van der Waals surface area contributed by atoms with Crippen LogP contribution in [0.15, 0.2) is 27.1 Å². The van der Waals surface area contributed by atoms with E-state index in [0.29, 0.717) is 24.9 Å². The number of rotatable bonds is 3. The zero-order valence-corrected chi connectivity index (χ0v) is 14.9. The second kappa shape index (κ2) is 6.48. The molecule has 0 saturated carbocycles. The Hall–Kier alpha value is -0.880. The molecule has 0 aliphatic carbocycles. The first kappa shape index (κ1) is 16.5. The highest BCUT2D eigenvalue weighted by molar-refractivity contribution is 9.11. The molecule has 4 nitrogen and oxygen atoms in total. The number of aliphatic carboxylic acids is 1. The molecule has 0 bridgehead atoms. The van der Waals surface area contributed by atoms with Crippen LogP contribution in [-0.2, 0) is 4.79 Å². The van der Waals surface area contributed by atoms with E-state index >= 15 is 0 Å². The van der Waals surface area contributed by atoms with Crippen molar-refractivity contribution in [2.45, 2.75) is 26.2 Å². The van der Waals surface area contributed by atoms with Crippen molar-refractivity contribution in [2.24, 2.45) is 5.41 Å². The van der Waals surface area contributed by atoms with Crippen LogP contribution in [0.2, 0.25) is 0 Å². The van der Waals surface area contributed by atoms with Crippen LogP contribution in [0, 0.1) is 5.41 Å². The first-order chi connectivity index (χ1) is 9.89. The molecule has 1 aliphatic heterocycles. The predicted octanol–water partition coefficient (Wildman–Crippen LogP) is 3.93. The van der Waals surface area contributed by atoms with Crippen LogP contribution in [-0.4, -0.2) is 35.0 Å². The molecule has 6 heteroatoms. The Morgan fingerprint density at radius 1 is 1.38 bits per heavy atom. The minimum atomic E-state index is -0.813. The molecule has 1 N–H and O–H groups in total. The molecule has 1 aromatic rings. The maximum atomic E-state index is 12.7. The molecule has 21 heavy (non-hydrogen) atoms. The van der Waals surface area contributed by atoms with Crippen LogP contribution in [0.25, 0.3) is 0 Å². The molecule has 1 amide bonds. The van der Waals surface area contributed by atoms with Crippen LogP contribution in [0.4, 0.5) is 0 Å². The lowest BCUT2D eigenvalue weighted by Gasteiger charge is -2.39. The monoisotopic (exact) mass is 417 g/mol. The number of nitrogens with zero attached hydrogens (tertiary/aromatic N) is 1. The zero-order valence-electron chi connectivity index (χ0n) is 11.7. The Morgan fingerprint density at radius 2 is 2.10 bits per heavy atom. The van der Waals surface area contributed by atoms with Gasteiger partial charge in [-0.05, 0) is 53.4 Å². The van der Waals surface area contributed by atoms with E-state index in [1.807, 2.05) is 19.1 Å². The molecule has 114 valence electrons. The topological polar surface area (TPSA) is 57.6 Å². The van der Waals surface area contributed by atoms with E-state index in [4.69, 9.17) is 0 Å². The summed E-state index contributed by atoms with van der Waals surface area (Å²) in [4.78, 5) is 25.9. The minimum Gasteiger partial charge on any atom is -0.481 e. The zero-order chi connectivity index (χ0) is 15.6. The molecule has 1 saturated heterocycles. The summed E-state index contributed by atoms with van der Waals surface area (Å²) in [7, 11) is 0. The molecule has 0 radical (unpaired) electrons. The lowest BCUT2D eigenvalue weighted by atomic mass is 9.77. The fourth-order valence-corrected chi connectivity index (χ4v) is 3.53. The summed E-state index contributed by atoms with van der Waals surface area (Å²) in [6.45, 7) is 2.75. The maximum Gasteiger partial charge on any atom is 0.311 e. The van der Waals surface area contributed by atoms with Crippen molar-refractivity contribution in [1.29, 1.82) is 0 Å². The Balaban J connectivity index is 2.27. The van der Waals surface area contributed by atoms with Crippen LogP contribution in [0.5, 0.6) is 0 Å². The molecule has 1 unspecified atom stereocenters. The number of hydrogen-bond donors (Lipinski definition) is 1. The molecule has 1 fully saturated rings. The van der Waals surface area contributed by atoms with Crippen molar-refractivity contribution in [3.8, 4) is 0 Å². The third-order valence-corrected chi connectivity index (χ3v) is 5.34. The summed E-state index contributed by atoms with van der Waals surface area (Å²) in [5.74, 6) is -0.933. The highest BCUT2D eigenvalue weighted by atomic mass is 79.9. The second-order valence-electron chi connectivity index (χ2n) is 5.39. The number of carbonyl (C=O) groups is 2. The normalized spacial score (nSPS) is 22.1. The minimum absolute atomic E-state index is 0.123. The van der Waals surface area contributed by atoms with Gasteiger partial charge in [0.15, 0.2) is 0 Å². The molecule has 2 rings (SSSR count). The number of likely N-dealkylation sites (tertiary alicyclic amines) is 1. The average Bonchev–Trinajstić information content (AvgIpc) is 2.48. The largest absolute Gasteiger partial charge is 0.481 e. The summed E-state index contributed by atoms with van der Waals surface area (Å²) in [6, 6.07) is 5.42.